The lowest BCUT2D eigenvalue weighted by Crippen LogP contribution is -1.93. The molecule has 0 spiro atoms. The molecule has 0 unspecified atom stereocenters. The molecule has 0 atom stereocenters. The zero-order valence-corrected chi connectivity index (χ0v) is 8.90. The molecule has 2 aromatic rings. The number of hydrogen-bond acceptors (Lipinski definition) is 3. The largest absolute Gasteiger partial charge is 0.475 e. The van der Waals surface area contributed by atoms with E-state index in [0.717, 1.165) is 17.4 Å². The maximum absolute atomic E-state index is 10.7. The van der Waals surface area contributed by atoms with Crippen LogP contribution in [0, 0.1) is 0 Å². The molecule has 0 radical (unpaired) electrons. The summed E-state index contributed by atoms with van der Waals surface area (Å²) < 4.78 is 10.1. The van der Waals surface area contributed by atoms with E-state index in [1.54, 1.807) is 13.2 Å². The van der Waals surface area contributed by atoms with Crippen LogP contribution in [0.5, 0.6) is 0 Å². The highest BCUT2D eigenvalue weighted by Crippen LogP contribution is 2.21. The van der Waals surface area contributed by atoms with E-state index in [-0.39, 0.29) is 5.76 Å². The number of carboxylic acid groups (broad SMARTS) is 1. The normalized spacial score (nSPS) is 10.8. The van der Waals surface area contributed by atoms with Gasteiger partial charge in [0.15, 0.2) is 0 Å². The molecule has 1 N–H and O–H groups in total. The molecule has 84 valence electrons. The highest BCUT2D eigenvalue weighted by atomic mass is 16.5. The van der Waals surface area contributed by atoms with Crippen molar-refractivity contribution in [1.29, 1.82) is 0 Å². The van der Waals surface area contributed by atoms with Crippen molar-refractivity contribution in [1.82, 2.24) is 0 Å². The quantitative estimate of drug-likeness (QED) is 0.858. The summed E-state index contributed by atoms with van der Waals surface area (Å²) in [6.07, 6.45) is 0.806. The van der Waals surface area contributed by atoms with Crippen LogP contribution in [0.25, 0.3) is 11.0 Å². The summed E-state index contributed by atoms with van der Waals surface area (Å²) in [4.78, 5) is 10.7. The highest BCUT2D eigenvalue weighted by molar-refractivity contribution is 5.91. The number of furan rings is 1. The molecule has 0 aliphatic carbocycles. The van der Waals surface area contributed by atoms with Gasteiger partial charge in [-0.2, -0.15) is 0 Å². The van der Waals surface area contributed by atoms with Crippen molar-refractivity contribution in [2.75, 3.05) is 13.7 Å². The van der Waals surface area contributed by atoms with Crippen LogP contribution < -0.4 is 0 Å². The van der Waals surface area contributed by atoms with Gasteiger partial charge in [-0.05, 0) is 30.2 Å². The summed E-state index contributed by atoms with van der Waals surface area (Å²) in [6.45, 7) is 0.648. The molecule has 4 nitrogen and oxygen atoms in total. The van der Waals surface area contributed by atoms with E-state index in [4.69, 9.17) is 14.3 Å². The predicted molar refractivity (Wildman–Crippen MR) is 58.8 cm³/mol. The van der Waals surface area contributed by atoms with Gasteiger partial charge in [-0.3, -0.25) is 0 Å². The number of methoxy groups -OCH3 is 1. The van der Waals surface area contributed by atoms with Crippen molar-refractivity contribution >= 4 is 16.9 Å². The van der Waals surface area contributed by atoms with Crippen LogP contribution in [0.4, 0.5) is 0 Å². The van der Waals surface area contributed by atoms with Gasteiger partial charge in [-0.25, -0.2) is 4.79 Å². The van der Waals surface area contributed by atoms with Gasteiger partial charge in [0.2, 0.25) is 5.76 Å². The van der Waals surface area contributed by atoms with Gasteiger partial charge in [0.1, 0.15) is 5.58 Å². The molecule has 0 aliphatic heterocycles. The van der Waals surface area contributed by atoms with Crippen LogP contribution >= 0.6 is 0 Å². The second kappa shape index (κ2) is 4.37. The van der Waals surface area contributed by atoms with Crippen molar-refractivity contribution in [2.24, 2.45) is 0 Å². The molecule has 1 heterocycles. The number of carboxylic acids is 1. The Morgan fingerprint density at radius 3 is 2.94 bits per heavy atom. The Hall–Kier alpha value is -1.81. The van der Waals surface area contributed by atoms with Gasteiger partial charge >= 0.3 is 5.97 Å². The van der Waals surface area contributed by atoms with Gasteiger partial charge in [-0.1, -0.05) is 6.07 Å². The Morgan fingerprint density at radius 2 is 2.25 bits per heavy atom. The second-order valence-electron chi connectivity index (χ2n) is 3.53. The molecular weight excluding hydrogens is 208 g/mol. The van der Waals surface area contributed by atoms with Crippen LogP contribution in [-0.2, 0) is 11.2 Å². The molecule has 1 aromatic heterocycles. The third-order valence-electron chi connectivity index (χ3n) is 2.39. The summed E-state index contributed by atoms with van der Waals surface area (Å²) >= 11 is 0. The van der Waals surface area contributed by atoms with Crippen LogP contribution in [-0.4, -0.2) is 24.8 Å². The highest BCUT2D eigenvalue weighted by Gasteiger charge is 2.10. The van der Waals surface area contributed by atoms with Gasteiger partial charge in [0.05, 0.1) is 6.61 Å². The average Bonchev–Trinajstić information content (AvgIpc) is 2.69. The third kappa shape index (κ3) is 2.06. The van der Waals surface area contributed by atoms with Gasteiger partial charge in [0.25, 0.3) is 0 Å². The molecule has 0 saturated heterocycles. The molecule has 0 bridgehead atoms. The lowest BCUT2D eigenvalue weighted by atomic mass is 10.1. The molecular formula is C12H12O4. The average molecular weight is 220 g/mol. The Balaban J connectivity index is 2.34. The summed E-state index contributed by atoms with van der Waals surface area (Å²) in [5.41, 5.74) is 1.70. The Labute approximate surface area is 92.4 Å². The number of aromatic carboxylic acids is 1. The Morgan fingerprint density at radius 1 is 1.44 bits per heavy atom. The van der Waals surface area contributed by atoms with E-state index in [9.17, 15) is 4.79 Å². The minimum absolute atomic E-state index is 0.0288. The molecule has 1 aromatic carbocycles. The van der Waals surface area contributed by atoms with Crippen molar-refractivity contribution in [3.8, 4) is 0 Å². The van der Waals surface area contributed by atoms with Crippen LogP contribution in [0.2, 0.25) is 0 Å². The lowest BCUT2D eigenvalue weighted by Gasteiger charge is -1.99. The number of ether oxygens (including phenoxy) is 1. The summed E-state index contributed by atoms with van der Waals surface area (Å²) in [7, 11) is 1.65. The van der Waals surface area contributed by atoms with E-state index in [1.165, 1.54) is 6.07 Å². The molecule has 4 heteroatoms. The van der Waals surface area contributed by atoms with Crippen molar-refractivity contribution in [3.63, 3.8) is 0 Å². The minimum Gasteiger partial charge on any atom is -0.475 e. The zero-order chi connectivity index (χ0) is 11.5. The second-order valence-corrected chi connectivity index (χ2v) is 3.53. The monoisotopic (exact) mass is 220 g/mol. The number of fused-ring (bicyclic) bond motifs is 1. The summed E-state index contributed by atoms with van der Waals surface area (Å²) in [6, 6.07) is 7.15. The zero-order valence-electron chi connectivity index (χ0n) is 8.90. The molecule has 0 fully saturated rings. The fourth-order valence-electron chi connectivity index (χ4n) is 1.57. The van der Waals surface area contributed by atoms with Gasteiger partial charge in [0, 0.05) is 12.5 Å². The van der Waals surface area contributed by atoms with Gasteiger partial charge < -0.3 is 14.3 Å². The first kappa shape index (κ1) is 10.7. The minimum atomic E-state index is -1.05. The van der Waals surface area contributed by atoms with E-state index < -0.39 is 5.97 Å². The van der Waals surface area contributed by atoms with Crippen molar-refractivity contribution < 1.29 is 19.1 Å². The standard InChI is InChI=1S/C12H12O4/c1-15-5-4-8-2-3-10-9(6-8)7-11(16-10)12(13)14/h2-3,6-7H,4-5H2,1H3,(H,13,14). The predicted octanol–water partition coefficient (Wildman–Crippen LogP) is 2.32. The summed E-state index contributed by atoms with van der Waals surface area (Å²) in [5.74, 6) is -1.08. The van der Waals surface area contributed by atoms with E-state index in [1.807, 2.05) is 12.1 Å². The number of rotatable bonds is 4. The fraction of sp³-hybridized carbons (Fsp3) is 0.250. The maximum atomic E-state index is 10.7. The number of hydrogen-bond donors (Lipinski definition) is 1. The van der Waals surface area contributed by atoms with E-state index in [2.05, 4.69) is 0 Å². The Bertz CT molecular complexity index is 513. The third-order valence-corrected chi connectivity index (χ3v) is 2.39. The Kier molecular flexibility index (Phi) is 2.92. The summed E-state index contributed by atoms with van der Waals surface area (Å²) in [5, 5.41) is 9.59. The molecule has 2 rings (SSSR count). The molecule has 0 amide bonds. The number of carbonyl (C=O) groups is 1. The molecule has 0 aliphatic rings. The first-order chi connectivity index (χ1) is 7.70. The van der Waals surface area contributed by atoms with E-state index >= 15 is 0 Å². The first-order valence-electron chi connectivity index (χ1n) is 4.95. The maximum Gasteiger partial charge on any atom is 0.371 e. The topological polar surface area (TPSA) is 59.7 Å². The first-order valence-corrected chi connectivity index (χ1v) is 4.95. The van der Waals surface area contributed by atoms with E-state index in [0.29, 0.717) is 12.2 Å². The molecule has 0 saturated carbocycles. The fourth-order valence-corrected chi connectivity index (χ4v) is 1.57. The van der Waals surface area contributed by atoms with Gasteiger partial charge in [-0.15, -0.1) is 0 Å². The SMILES string of the molecule is COCCc1ccc2oc(C(=O)O)cc2c1. The smallest absolute Gasteiger partial charge is 0.371 e. The van der Waals surface area contributed by atoms with Crippen molar-refractivity contribution in [2.45, 2.75) is 6.42 Å². The molecule has 16 heavy (non-hydrogen) atoms. The van der Waals surface area contributed by atoms with Crippen LogP contribution in [0.15, 0.2) is 28.7 Å². The number of benzene rings is 1. The van der Waals surface area contributed by atoms with Crippen LogP contribution in [0.3, 0.4) is 0 Å². The van der Waals surface area contributed by atoms with Crippen LogP contribution in [0.1, 0.15) is 16.1 Å². The lowest BCUT2D eigenvalue weighted by molar-refractivity contribution is 0.0665. The van der Waals surface area contributed by atoms with Crippen molar-refractivity contribution in [3.05, 3.63) is 35.6 Å².